The van der Waals surface area contributed by atoms with Crippen molar-refractivity contribution in [3.8, 4) is 0 Å². The van der Waals surface area contributed by atoms with Crippen LogP contribution in [0.3, 0.4) is 0 Å². The Balaban J connectivity index is 3.22. The van der Waals surface area contributed by atoms with E-state index in [9.17, 15) is 9.90 Å². The lowest BCUT2D eigenvalue weighted by atomic mass is 10.2. The summed E-state index contributed by atoms with van der Waals surface area (Å²) in [7, 11) is 0. The van der Waals surface area contributed by atoms with E-state index in [0.717, 1.165) is 19.4 Å². The van der Waals surface area contributed by atoms with Crippen molar-refractivity contribution < 1.29 is 9.90 Å². The van der Waals surface area contributed by atoms with Gasteiger partial charge in [0.15, 0.2) is 0 Å². The average molecular weight is 202 g/mol. The molecule has 0 rings (SSSR count). The van der Waals surface area contributed by atoms with Crippen LogP contribution in [-0.4, -0.2) is 36.8 Å². The Hall–Kier alpha value is -0.610. The maximum absolute atomic E-state index is 11.1. The monoisotopic (exact) mass is 202 g/mol. The van der Waals surface area contributed by atoms with Gasteiger partial charge in [0, 0.05) is 6.54 Å². The second-order valence-corrected chi connectivity index (χ2v) is 3.38. The van der Waals surface area contributed by atoms with Crippen LogP contribution in [0.5, 0.6) is 0 Å². The van der Waals surface area contributed by atoms with Crippen LogP contribution in [0.25, 0.3) is 0 Å². The molecule has 0 saturated carbocycles. The van der Waals surface area contributed by atoms with E-state index in [-0.39, 0.29) is 12.0 Å². The summed E-state index contributed by atoms with van der Waals surface area (Å²) >= 11 is 0. The van der Waals surface area contributed by atoms with Crippen molar-refractivity contribution in [2.45, 2.75) is 39.2 Å². The lowest BCUT2D eigenvalue weighted by Gasteiger charge is -2.08. The highest BCUT2D eigenvalue weighted by molar-refractivity contribution is 5.77. The molecule has 0 bridgehead atoms. The van der Waals surface area contributed by atoms with Gasteiger partial charge in [0.25, 0.3) is 0 Å². The summed E-state index contributed by atoms with van der Waals surface area (Å²) in [6.07, 6.45) is 2.18. The number of aliphatic hydroxyl groups is 1. The van der Waals surface area contributed by atoms with Gasteiger partial charge < -0.3 is 15.7 Å². The van der Waals surface area contributed by atoms with Gasteiger partial charge in [-0.3, -0.25) is 4.79 Å². The standard InChI is InChI=1S/C10H22N2O2/c1-3-6-12-10(14)8-11-7-5-9(13)4-2/h9,11,13H,3-8H2,1-2H3,(H,12,14). The summed E-state index contributed by atoms with van der Waals surface area (Å²) in [5, 5.41) is 15.0. The zero-order valence-electron chi connectivity index (χ0n) is 9.18. The Bertz CT molecular complexity index is 151. The SMILES string of the molecule is CCCNC(=O)CNCCC(O)CC. The van der Waals surface area contributed by atoms with Gasteiger partial charge in [-0.2, -0.15) is 0 Å². The molecule has 0 heterocycles. The number of aliphatic hydroxyl groups excluding tert-OH is 1. The summed E-state index contributed by atoms with van der Waals surface area (Å²) < 4.78 is 0. The molecule has 0 radical (unpaired) electrons. The number of hydrogen-bond donors (Lipinski definition) is 3. The van der Waals surface area contributed by atoms with Crippen LogP contribution < -0.4 is 10.6 Å². The molecule has 0 aromatic rings. The van der Waals surface area contributed by atoms with Crippen LogP contribution >= 0.6 is 0 Å². The molecule has 1 unspecified atom stereocenters. The molecule has 0 aliphatic heterocycles. The Morgan fingerprint density at radius 1 is 1.36 bits per heavy atom. The van der Waals surface area contributed by atoms with E-state index in [2.05, 4.69) is 10.6 Å². The molecule has 14 heavy (non-hydrogen) atoms. The van der Waals surface area contributed by atoms with Crippen LogP contribution in [0, 0.1) is 0 Å². The first kappa shape index (κ1) is 13.4. The molecule has 0 spiro atoms. The predicted octanol–water partition coefficient (Wildman–Crippen LogP) is 0.263. The first-order valence-electron chi connectivity index (χ1n) is 5.36. The zero-order valence-corrected chi connectivity index (χ0v) is 9.18. The Morgan fingerprint density at radius 2 is 2.07 bits per heavy atom. The summed E-state index contributed by atoms with van der Waals surface area (Å²) in [6, 6.07) is 0. The van der Waals surface area contributed by atoms with Crippen molar-refractivity contribution >= 4 is 5.91 Å². The molecule has 0 aliphatic rings. The minimum absolute atomic E-state index is 0.0258. The molecule has 0 fully saturated rings. The number of amides is 1. The maximum Gasteiger partial charge on any atom is 0.233 e. The van der Waals surface area contributed by atoms with E-state index in [0.29, 0.717) is 19.5 Å². The second kappa shape index (κ2) is 8.97. The van der Waals surface area contributed by atoms with Crippen molar-refractivity contribution in [2.24, 2.45) is 0 Å². The molecule has 0 saturated heterocycles. The second-order valence-electron chi connectivity index (χ2n) is 3.38. The number of hydrogen-bond acceptors (Lipinski definition) is 3. The molecule has 3 N–H and O–H groups in total. The number of carbonyl (C=O) groups is 1. The third-order valence-corrected chi connectivity index (χ3v) is 1.98. The summed E-state index contributed by atoms with van der Waals surface area (Å²) in [5.74, 6) is 0.0258. The molecular weight excluding hydrogens is 180 g/mol. The topological polar surface area (TPSA) is 61.4 Å². The highest BCUT2D eigenvalue weighted by Crippen LogP contribution is 1.93. The van der Waals surface area contributed by atoms with Crippen molar-refractivity contribution in [1.82, 2.24) is 10.6 Å². The summed E-state index contributed by atoms with van der Waals surface area (Å²) in [6.45, 7) is 5.73. The number of nitrogens with one attached hydrogen (secondary N) is 2. The largest absolute Gasteiger partial charge is 0.393 e. The van der Waals surface area contributed by atoms with Crippen LogP contribution in [0.15, 0.2) is 0 Å². The lowest BCUT2D eigenvalue weighted by molar-refractivity contribution is -0.120. The van der Waals surface area contributed by atoms with E-state index in [1.165, 1.54) is 0 Å². The van der Waals surface area contributed by atoms with Crippen LogP contribution in [-0.2, 0) is 4.79 Å². The quantitative estimate of drug-likeness (QED) is 0.495. The van der Waals surface area contributed by atoms with Gasteiger partial charge in [0.05, 0.1) is 12.6 Å². The van der Waals surface area contributed by atoms with Crippen molar-refractivity contribution in [3.05, 3.63) is 0 Å². The van der Waals surface area contributed by atoms with Gasteiger partial charge in [-0.15, -0.1) is 0 Å². The lowest BCUT2D eigenvalue weighted by Crippen LogP contribution is -2.35. The van der Waals surface area contributed by atoms with Crippen molar-refractivity contribution in [3.63, 3.8) is 0 Å². The number of carbonyl (C=O) groups excluding carboxylic acids is 1. The fraction of sp³-hybridized carbons (Fsp3) is 0.900. The average Bonchev–Trinajstić information content (AvgIpc) is 2.21. The fourth-order valence-electron chi connectivity index (χ4n) is 1.00. The third-order valence-electron chi connectivity index (χ3n) is 1.98. The van der Waals surface area contributed by atoms with Crippen molar-refractivity contribution in [2.75, 3.05) is 19.6 Å². The minimum atomic E-state index is -0.249. The molecule has 1 atom stereocenters. The first-order valence-corrected chi connectivity index (χ1v) is 5.36. The Labute approximate surface area is 86.1 Å². The third kappa shape index (κ3) is 8.01. The van der Waals surface area contributed by atoms with E-state index in [4.69, 9.17) is 0 Å². The van der Waals surface area contributed by atoms with Gasteiger partial charge in [-0.05, 0) is 25.8 Å². The summed E-state index contributed by atoms with van der Waals surface area (Å²) in [5.41, 5.74) is 0. The van der Waals surface area contributed by atoms with Gasteiger partial charge in [-0.1, -0.05) is 13.8 Å². The molecular formula is C10H22N2O2. The van der Waals surface area contributed by atoms with Crippen molar-refractivity contribution in [1.29, 1.82) is 0 Å². The van der Waals surface area contributed by atoms with Gasteiger partial charge >= 0.3 is 0 Å². The molecule has 0 aromatic heterocycles. The van der Waals surface area contributed by atoms with Crippen LogP contribution in [0.4, 0.5) is 0 Å². The van der Waals surface area contributed by atoms with E-state index < -0.39 is 0 Å². The van der Waals surface area contributed by atoms with E-state index in [1.54, 1.807) is 0 Å². The predicted molar refractivity (Wildman–Crippen MR) is 57.1 cm³/mol. The molecule has 0 aliphatic carbocycles. The van der Waals surface area contributed by atoms with Crippen LogP contribution in [0.1, 0.15) is 33.1 Å². The number of rotatable bonds is 8. The molecule has 1 amide bonds. The molecule has 4 nitrogen and oxygen atoms in total. The smallest absolute Gasteiger partial charge is 0.233 e. The minimum Gasteiger partial charge on any atom is -0.393 e. The van der Waals surface area contributed by atoms with Gasteiger partial charge in [0.1, 0.15) is 0 Å². The first-order chi connectivity index (χ1) is 6.70. The van der Waals surface area contributed by atoms with E-state index in [1.807, 2.05) is 13.8 Å². The molecule has 4 heteroatoms. The Kier molecular flexibility index (Phi) is 8.57. The molecule has 0 aromatic carbocycles. The fourth-order valence-corrected chi connectivity index (χ4v) is 1.00. The zero-order chi connectivity index (χ0) is 10.8. The van der Waals surface area contributed by atoms with Gasteiger partial charge in [-0.25, -0.2) is 0 Å². The molecule has 84 valence electrons. The maximum atomic E-state index is 11.1. The normalized spacial score (nSPS) is 12.5. The highest BCUT2D eigenvalue weighted by atomic mass is 16.3. The summed E-state index contributed by atoms with van der Waals surface area (Å²) in [4.78, 5) is 11.1. The van der Waals surface area contributed by atoms with Gasteiger partial charge in [0.2, 0.25) is 5.91 Å². The highest BCUT2D eigenvalue weighted by Gasteiger charge is 2.01. The van der Waals surface area contributed by atoms with E-state index >= 15 is 0 Å². The Morgan fingerprint density at radius 3 is 2.64 bits per heavy atom. The van der Waals surface area contributed by atoms with Crippen LogP contribution in [0.2, 0.25) is 0 Å².